The Kier molecular flexibility index (Phi) is 6.79. The number of sulfonamides is 1. The standard InChI is InChI=1S/C25H29N3O3S2/c1-5-27(6-2)33(30,31)20-11-12-22-21(16-20)17(3)15-24(26-22)32-18(4)25(29)28-14-13-19-9-7-8-10-23(19)28/h7-12,15-16,18H,5-6,13-14H2,1-4H3/t18-/m0/s1. The van der Waals surface area contributed by atoms with Gasteiger partial charge in [-0.1, -0.05) is 43.8 Å². The number of rotatable bonds is 7. The van der Waals surface area contributed by atoms with E-state index in [0.29, 0.717) is 19.6 Å². The zero-order valence-corrected chi connectivity index (χ0v) is 21.0. The van der Waals surface area contributed by atoms with Gasteiger partial charge in [-0.3, -0.25) is 4.79 Å². The van der Waals surface area contributed by atoms with Crippen molar-refractivity contribution in [3.8, 4) is 0 Å². The normalized spacial score (nSPS) is 14.6. The molecule has 0 saturated carbocycles. The number of anilines is 1. The van der Waals surface area contributed by atoms with E-state index in [2.05, 4.69) is 6.07 Å². The Morgan fingerprint density at radius 3 is 2.61 bits per heavy atom. The minimum Gasteiger partial charge on any atom is -0.311 e. The second-order valence-corrected chi connectivity index (χ2v) is 11.5. The largest absolute Gasteiger partial charge is 0.311 e. The first-order chi connectivity index (χ1) is 15.8. The number of carbonyl (C=O) groups is 1. The van der Waals surface area contributed by atoms with E-state index < -0.39 is 10.0 Å². The maximum atomic E-state index is 13.1. The summed E-state index contributed by atoms with van der Waals surface area (Å²) in [6.07, 6.45) is 0.880. The van der Waals surface area contributed by atoms with Gasteiger partial charge >= 0.3 is 0 Å². The summed E-state index contributed by atoms with van der Waals surface area (Å²) < 4.78 is 27.3. The van der Waals surface area contributed by atoms with Gasteiger partial charge in [0.05, 0.1) is 20.7 Å². The van der Waals surface area contributed by atoms with Gasteiger partial charge in [0, 0.05) is 30.7 Å². The van der Waals surface area contributed by atoms with Crippen LogP contribution in [0.1, 0.15) is 31.9 Å². The number of aryl methyl sites for hydroxylation is 1. The molecule has 4 rings (SSSR count). The summed E-state index contributed by atoms with van der Waals surface area (Å²) in [4.78, 5) is 20.0. The molecule has 174 valence electrons. The Balaban J connectivity index is 1.58. The van der Waals surface area contributed by atoms with Crippen molar-refractivity contribution in [2.45, 2.75) is 49.3 Å². The molecule has 2 aromatic carbocycles. The Hall–Kier alpha value is -2.42. The van der Waals surface area contributed by atoms with Crippen LogP contribution in [-0.2, 0) is 21.2 Å². The van der Waals surface area contributed by atoms with Crippen molar-refractivity contribution in [3.05, 3.63) is 59.7 Å². The smallest absolute Gasteiger partial charge is 0.243 e. The Bertz CT molecular complexity index is 1300. The maximum Gasteiger partial charge on any atom is 0.243 e. The highest BCUT2D eigenvalue weighted by atomic mass is 32.2. The quantitative estimate of drug-likeness (QED) is 0.458. The summed E-state index contributed by atoms with van der Waals surface area (Å²) in [7, 11) is -3.53. The van der Waals surface area contributed by atoms with Crippen LogP contribution in [0.15, 0.2) is 58.5 Å². The highest BCUT2D eigenvalue weighted by molar-refractivity contribution is 8.00. The number of hydrogen-bond donors (Lipinski definition) is 0. The van der Waals surface area contributed by atoms with E-state index in [4.69, 9.17) is 4.98 Å². The molecule has 33 heavy (non-hydrogen) atoms. The van der Waals surface area contributed by atoms with Gasteiger partial charge in [0.2, 0.25) is 15.9 Å². The maximum absolute atomic E-state index is 13.1. The lowest BCUT2D eigenvalue weighted by molar-refractivity contribution is -0.117. The van der Waals surface area contributed by atoms with E-state index in [1.165, 1.54) is 21.6 Å². The van der Waals surface area contributed by atoms with Crippen molar-refractivity contribution in [3.63, 3.8) is 0 Å². The van der Waals surface area contributed by atoms with Crippen LogP contribution >= 0.6 is 11.8 Å². The Morgan fingerprint density at radius 2 is 1.88 bits per heavy atom. The SMILES string of the molecule is CCN(CC)S(=O)(=O)c1ccc2nc(S[C@@H](C)C(=O)N3CCc4ccccc43)cc(C)c2c1. The predicted octanol–water partition coefficient (Wildman–Crippen LogP) is 4.64. The third-order valence-corrected chi connectivity index (χ3v) is 9.16. The summed E-state index contributed by atoms with van der Waals surface area (Å²) >= 11 is 1.44. The van der Waals surface area contributed by atoms with Gasteiger partial charge in [-0.05, 0) is 61.7 Å². The summed E-state index contributed by atoms with van der Waals surface area (Å²) in [5.74, 6) is 0.0742. The molecule has 8 heteroatoms. The Labute approximate surface area is 200 Å². The highest BCUT2D eigenvalue weighted by Gasteiger charge is 2.29. The second kappa shape index (κ2) is 9.44. The molecule has 0 spiro atoms. The van der Waals surface area contributed by atoms with Gasteiger partial charge in [-0.15, -0.1) is 0 Å². The number of fused-ring (bicyclic) bond motifs is 2. The first-order valence-corrected chi connectivity index (χ1v) is 13.6. The lowest BCUT2D eigenvalue weighted by Crippen LogP contribution is -2.35. The van der Waals surface area contributed by atoms with E-state index >= 15 is 0 Å². The van der Waals surface area contributed by atoms with E-state index in [0.717, 1.165) is 33.6 Å². The molecule has 0 bridgehead atoms. The van der Waals surface area contributed by atoms with Crippen molar-refractivity contribution in [1.29, 1.82) is 0 Å². The number of thioether (sulfide) groups is 1. The molecule has 0 saturated heterocycles. The van der Waals surface area contributed by atoms with Gasteiger partial charge in [0.15, 0.2) is 0 Å². The number of carbonyl (C=O) groups excluding carboxylic acids is 1. The van der Waals surface area contributed by atoms with Gasteiger partial charge in [-0.2, -0.15) is 4.31 Å². The molecule has 1 aliphatic heterocycles. The Morgan fingerprint density at radius 1 is 1.15 bits per heavy atom. The van der Waals surface area contributed by atoms with Crippen LogP contribution in [-0.4, -0.2) is 48.5 Å². The number of benzene rings is 2. The molecule has 1 atom stereocenters. The first kappa shape index (κ1) is 23.7. The molecule has 0 unspecified atom stereocenters. The molecule has 3 aromatic rings. The molecule has 1 aromatic heterocycles. The summed E-state index contributed by atoms with van der Waals surface area (Å²) in [6, 6.07) is 15.1. The molecular weight excluding hydrogens is 454 g/mol. The van der Waals surface area contributed by atoms with Crippen molar-refractivity contribution in [2.24, 2.45) is 0 Å². The molecular formula is C25H29N3O3S2. The van der Waals surface area contributed by atoms with Crippen LogP contribution in [0.2, 0.25) is 0 Å². The zero-order chi connectivity index (χ0) is 23.8. The number of amides is 1. The lowest BCUT2D eigenvalue weighted by atomic mass is 10.1. The fourth-order valence-corrected chi connectivity index (χ4v) is 6.76. The molecule has 0 aliphatic carbocycles. The number of hydrogen-bond acceptors (Lipinski definition) is 5. The topological polar surface area (TPSA) is 70.6 Å². The van der Waals surface area contributed by atoms with E-state index in [-0.39, 0.29) is 16.1 Å². The second-order valence-electron chi connectivity index (χ2n) is 8.17. The van der Waals surface area contributed by atoms with Gasteiger partial charge in [0.25, 0.3) is 0 Å². The van der Waals surface area contributed by atoms with Crippen LogP contribution in [0.25, 0.3) is 10.9 Å². The van der Waals surface area contributed by atoms with Gasteiger partial charge in [0.1, 0.15) is 0 Å². The van der Waals surface area contributed by atoms with E-state index in [1.54, 1.807) is 18.2 Å². The first-order valence-electron chi connectivity index (χ1n) is 11.2. The monoisotopic (exact) mass is 483 g/mol. The summed E-state index contributed by atoms with van der Waals surface area (Å²) in [5, 5.41) is 1.27. The number of nitrogens with zero attached hydrogens (tertiary/aromatic N) is 3. The molecule has 0 radical (unpaired) electrons. The highest BCUT2D eigenvalue weighted by Crippen LogP contribution is 2.33. The summed E-state index contributed by atoms with van der Waals surface area (Å²) in [6.45, 7) is 9.09. The molecule has 2 heterocycles. The number of aromatic nitrogens is 1. The van der Waals surface area contributed by atoms with Crippen molar-refractivity contribution < 1.29 is 13.2 Å². The van der Waals surface area contributed by atoms with Crippen LogP contribution in [0.4, 0.5) is 5.69 Å². The molecule has 0 N–H and O–H groups in total. The number of para-hydroxylation sites is 1. The molecule has 6 nitrogen and oxygen atoms in total. The minimum atomic E-state index is -3.53. The fraction of sp³-hybridized carbons (Fsp3) is 0.360. The fourth-order valence-electron chi connectivity index (χ4n) is 4.29. The van der Waals surface area contributed by atoms with Gasteiger partial charge < -0.3 is 4.90 Å². The third-order valence-electron chi connectivity index (χ3n) is 6.11. The summed E-state index contributed by atoms with van der Waals surface area (Å²) in [5.41, 5.74) is 3.87. The number of pyridine rings is 1. The van der Waals surface area contributed by atoms with Crippen LogP contribution in [0, 0.1) is 6.92 Å². The van der Waals surface area contributed by atoms with Crippen molar-refractivity contribution in [1.82, 2.24) is 9.29 Å². The molecule has 1 aliphatic rings. The van der Waals surface area contributed by atoms with Crippen LogP contribution in [0.5, 0.6) is 0 Å². The van der Waals surface area contributed by atoms with Crippen molar-refractivity contribution >= 4 is 44.3 Å². The minimum absolute atomic E-state index is 0.0742. The molecule has 1 amide bonds. The van der Waals surface area contributed by atoms with E-state index in [9.17, 15) is 13.2 Å². The van der Waals surface area contributed by atoms with Crippen LogP contribution < -0.4 is 4.90 Å². The lowest BCUT2D eigenvalue weighted by Gasteiger charge is -2.21. The van der Waals surface area contributed by atoms with Gasteiger partial charge in [-0.25, -0.2) is 13.4 Å². The van der Waals surface area contributed by atoms with E-state index in [1.807, 2.05) is 56.9 Å². The average Bonchev–Trinajstić information content (AvgIpc) is 3.23. The third kappa shape index (κ3) is 4.52. The average molecular weight is 484 g/mol. The van der Waals surface area contributed by atoms with Crippen LogP contribution in [0.3, 0.4) is 0 Å². The predicted molar refractivity (Wildman–Crippen MR) is 134 cm³/mol. The van der Waals surface area contributed by atoms with Crippen molar-refractivity contribution in [2.75, 3.05) is 24.5 Å². The zero-order valence-electron chi connectivity index (χ0n) is 19.4. The molecule has 0 fully saturated rings.